The maximum Gasteiger partial charge on any atom is 0.505 e. The quantitative estimate of drug-likeness (QED) is 0.373. The minimum atomic E-state index is -2.62. The first-order valence-corrected chi connectivity index (χ1v) is 8.76. The van der Waals surface area contributed by atoms with Crippen molar-refractivity contribution >= 4 is 8.80 Å². The summed E-state index contributed by atoms with van der Waals surface area (Å²) in [5.41, 5.74) is 1.19. The van der Waals surface area contributed by atoms with Gasteiger partial charge in [0, 0.05) is 25.9 Å². The Balaban J connectivity index is 2.77. The van der Waals surface area contributed by atoms with Gasteiger partial charge >= 0.3 is 8.80 Å². The molecule has 0 atom stereocenters. The second-order valence-corrected chi connectivity index (χ2v) is 6.72. The summed E-state index contributed by atoms with van der Waals surface area (Å²) in [6.45, 7) is 9.47. The molecule has 4 heteroatoms. The molecule has 0 N–H and O–H groups in total. The van der Waals surface area contributed by atoms with Gasteiger partial charge in [0.15, 0.2) is 0 Å². The van der Waals surface area contributed by atoms with Crippen molar-refractivity contribution in [3.8, 4) is 0 Å². The van der Waals surface area contributed by atoms with E-state index < -0.39 is 8.80 Å². The molecule has 0 saturated heterocycles. The average Bonchev–Trinajstić information content (AvgIpc) is 2.41. The largest absolute Gasteiger partial charge is 0.505 e. The Morgan fingerprint density at radius 1 is 1.05 bits per heavy atom. The third kappa shape index (κ3) is 5.70. The van der Waals surface area contributed by atoms with Crippen LogP contribution in [0.25, 0.3) is 0 Å². The summed E-state index contributed by atoms with van der Waals surface area (Å²) in [4.78, 5) is 0. The minimum Gasteiger partial charge on any atom is -0.374 e. The van der Waals surface area contributed by atoms with E-state index in [2.05, 4.69) is 18.7 Å². The van der Waals surface area contributed by atoms with Crippen LogP contribution in [0, 0.1) is 0 Å². The van der Waals surface area contributed by atoms with Crippen molar-refractivity contribution in [3.63, 3.8) is 0 Å². The summed E-state index contributed by atoms with van der Waals surface area (Å²) in [6, 6.07) is 10.9. The summed E-state index contributed by atoms with van der Waals surface area (Å²) in [7, 11) is -2.62. The highest BCUT2D eigenvalue weighted by atomic mass is 28.4. The van der Waals surface area contributed by atoms with E-state index in [4.69, 9.17) is 13.3 Å². The Morgan fingerprint density at radius 3 is 2.21 bits per heavy atom. The molecular weight excluding hydrogens is 256 g/mol. The van der Waals surface area contributed by atoms with E-state index in [0.717, 1.165) is 6.42 Å². The molecular formula is C15H24O3Si. The SMILES string of the molecule is C=CCCO[Si](Cc1ccccc1)(OCC)OCC. The lowest BCUT2D eigenvalue weighted by Gasteiger charge is -2.29. The van der Waals surface area contributed by atoms with Crippen LogP contribution < -0.4 is 0 Å². The summed E-state index contributed by atoms with van der Waals surface area (Å²) in [5.74, 6) is 0. The van der Waals surface area contributed by atoms with Gasteiger partial charge < -0.3 is 13.3 Å². The van der Waals surface area contributed by atoms with Crippen molar-refractivity contribution in [1.82, 2.24) is 0 Å². The van der Waals surface area contributed by atoms with Gasteiger partial charge in [0.2, 0.25) is 0 Å². The highest BCUT2D eigenvalue weighted by Crippen LogP contribution is 2.17. The fraction of sp³-hybridized carbons (Fsp3) is 0.467. The van der Waals surface area contributed by atoms with Crippen LogP contribution in [0.3, 0.4) is 0 Å². The Kier molecular flexibility index (Phi) is 7.67. The molecule has 3 nitrogen and oxygen atoms in total. The van der Waals surface area contributed by atoms with Gasteiger partial charge in [-0.2, -0.15) is 0 Å². The van der Waals surface area contributed by atoms with E-state index in [0.29, 0.717) is 25.9 Å². The molecule has 0 unspecified atom stereocenters. The molecule has 1 aromatic carbocycles. The van der Waals surface area contributed by atoms with Gasteiger partial charge in [0.05, 0.1) is 0 Å². The molecule has 1 aromatic rings. The molecule has 0 heterocycles. The zero-order valence-electron chi connectivity index (χ0n) is 11.9. The Hall–Kier alpha value is -0.943. The molecule has 19 heavy (non-hydrogen) atoms. The second kappa shape index (κ2) is 9.04. The smallest absolute Gasteiger partial charge is 0.374 e. The van der Waals surface area contributed by atoms with Crippen molar-refractivity contribution in [2.45, 2.75) is 26.3 Å². The third-order valence-corrected chi connectivity index (χ3v) is 5.58. The molecule has 1 rings (SSSR count). The van der Waals surface area contributed by atoms with E-state index in [9.17, 15) is 0 Å². The van der Waals surface area contributed by atoms with Crippen LogP contribution in [0.4, 0.5) is 0 Å². The molecule has 0 aliphatic rings. The van der Waals surface area contributed by atoms with E-state index in [1.807, 2.05) is 38.1 Å². The summed E-state index contributed by atoms with van der Waals surface area (Å²) < 4.78 is 17.7. The van der Waals surface area contributed by atoms with Gasteiger partial charge in [-0.1, -0.05) is 36.4 Å². The van der Waals surface area contributed by atoms with Gasteiger partial charge in [-0.15, -0.1) is 6.58 Å². The molecule has 0 aromatic heterocycles. The van der Waals surface area contributed by atoms with E-state index >= 15 is 0 Å². The van der Waals surface area contributed by atoms with Gasteiger partial charge in [0.1, 0.15) is 0 Å². The Bertz CT molecular complexity index is 348. The van der Waals surface area contributed by atoms with E-state index in [-0.39, 0.29) is 0 Å². The van der Waals surface area contributed by atoms with Gasteiger partial charge in [-0.3, -0.25) is 0 Å². The molecule has 0 fully saturated rings. The van der Waals surface area contributed by atoms with Crippen LogP contribution in [0.1, 0.15) is 25.8 Å². The van der Waals surface area contributed by atoms with E-state index in [1.165, 1.54) is 5.56 Å². The maximum atomic E-state index is 5.98. The van der Waals surface area contributed by atoms with Crippen molar-refractivity contribution in [2.75, 3.05) is 19.8 Å². The first kappa shape index (κ1) is 16.1. The monoisotopic (exact) mass is 280 g/mol. The lowest BCUT2D eigenvalue weighted by Crippen LogP contribution is -2.48. The predicted molar refractivity (Wildman–Crippen MR) is 79.9 cm³/mol. The van der Waals surface area contributed by atoms with Crippen molar-refractivity contribution in [2.24, 2.45) is 0 Å². The fourth-order valence-electron chi connectivity index (χ4n) is 1.86. The lowest BCUT2D eigenvalue weighted by atomic mass is 10.2. The highest BCUT2D eigenvalue weighted by molar-refractivity contribution is 6.60. The fourth-order valence-corrected chi connectivity index (χ4v) is 4.46. The Morgan fingerprint density at radius 2 is 1.68 bits per heavy atom. The molecule has 0 radical (unpaired) electrons. The van der Waals surface area contributed by atoms with E-state index in [1.54, 1.807) is 0 Å². The number of rotatable bonds is 10. The predicted octanol–water partition coefficient (Wildman–Crippen LogP) is 3.37. The van der Waals surface area contributed by atoms with Crippen LogP contribution in [-0.2, 0) is 19.3 Å². The maximum absolute atomic E-state index is 5.98. The molecule has 0 aliphatic heterocycles. The van der Waals surface area contributed by atoms with Gasteiger partial charge in [-0.25, -0.2) is 0 Å². The zero-order chi connectivity index (χ0) is 14.0. The Labute approximate surface area is 117 Å². The van der Waals surface area contributed by atoms with Crippen LogP contribution in [0.5, 0.6) is 0 Å². The van der Waals surface area contributed by atoms with Crippen LogP contribution >= 0.6 is 0 Å². The van der Waals surface area contributed by atoms with Crippen molar-refractivity contribution in [1.29, 1.82) is 0 Å². The van der Waals surface area contributed by atoms with Gasteiger partial charge in [0.25, 0.3) is 0 Å². The van der Waals surface area contributed by atoms with Crippen LogP contribution in [-0.4, -0.2) is 28.6 Å². The number of benzene rings is 1. The molecule has 0 spiro atoms. The zero-order valence-corrected chi connectivity index (χ0v) is 12.9. The molecule has 0 aliphatic carbocycles. The summed E-state index contributed by atoms with van der Waals surface area (Å²) in [5, 5.41) is 0. The lowest BCUT2D eigenvalue weighted by molar-refractivity contribution is 0.0675. The van der Waals surface area contributed by atoms with Crippen LogP contribution in [0.15, 0.2) is 43.0 Å². The number of hydrogen-bond acceptors (Lipinski definition) is 3. The highest BCUT2D eigenvalue weighted by Gasteiger charge is 2.40. The van der Waals surface area contributed by atoms with Crippen LogP contribution in [0.2, 0.25) is 0 Å². The molecule has 106 valence electrons. The minimum absolute atomic E-state index is 0.600. The number of hydrogen-bond donors (Lipinski definition) is 0. The summed E-state index contributed by atoms with van der Waals surface area (Å²) in [6.07, 6.45) is 2.66. The topological polar surface area (TPSA) is 27.7 Å². The van der Waals surface area contributed by atoms with Crippen molar-refractivity contribution in [3.05, 3.63) is 48.6 Å². The normalized spacial score (nSPS) is 11.5. The standard InChI is InChI=1S/C15H24O3Si/c1-4-7-13-18-19(16-5-2,17-6-3)14-15-11-9-8-10-12-15/h4,8-12H,1,5-7,13-14H2,2-3H3. The second-order valence-electron chi connectivity index (χ2n) is 4.14. The average molecular weight is 280 g/mol. The first-order chi connectivity index (χ1) is 9.26. The summed E-state index contributed by atoms with van der Waals surface area (Å²) >= 11 is 0. The molecule has 0 amide bonds. The van der Waals surface area contributed by atoms with Gasteiger partial charge in [-0.05, 0) is 25.8 Å². The van der Waals surface area contributed by atoms with Crippen molar-refractivity contribution < 1.29 is 13.3 Å². The third-order valence-electron chi connectivity index (χ3n) is 2.64. The molecule has 0 saturated carbocycles. The first-order valence-electron chi connectivity index (χ1n) is 6.83. The molecule has 0 bridgehead atoms.